The van der Waals surface area contributed by atoms with E-state index in [1.54, 1.807) is 18.2 Å². The molecule has 0 spiro atoms. The highest BCUT2D eigenvalue weighted by Gasteiger charge is 2.24. The fourth-order valence-electron chi connectivity index (χ4n) is 3.01. The van der Waals surface area contributed by atoms with Gasteiger partial charge in [0, 0.05) is 31.4 Å². The molecular weight excluding hydrogens is 370 g/mol. The minimum atomic E-state index is -2.91. The minimum Gasteiger partial charge on any atom is -0.300 e. The number of hydrogen-bond donors (Lipinski definition) is 0. The van der Waals surface area contributed by atoms with Crippen molar-refractivity contribution in [2.24, 2.45) is 5.92 Å². The number of ketones is 2. The van der Waals surface area contributed by atoms with Crippen LogP contribution < -0.4 is 0 Å². The molecule has 0 bridgehead atoms. The fraction of sp³-hybridized carbons (Fsp3) is 0.474. The molecule has 8 heteroatoms. The topological polar surface area (TPSA) is 111 Å². The van der Waals surface area contributed by atoms with E-state index in [-0.39, 0.29) is 41.1 Å². The fourth-order valence-corrected chi connectivity index (χ4v) is 4.60. The number of carbonyl (C=O) groups excluding carboxylic acids is 2. The Balaban J connectivity index is 1.68. The van der Waals surface area contributed by atoms with Crippen LogP contribution in [0.5, 0.6) is 0 Å². The van der Waals surface area contributed by atoms with Crippen molar-refractivity contribution in [3.05, 3.63) is 46.0 Å². The lowest BCUT2D eigenvalue weighted by atomic mass is 9.94. The second kappa shape index (κ2) is 9.55. The van der Waals surface area contributed by atoms with Crippen molar-refractivity contribution >= 4 is 33.2 Å². The molecule has 0 saturated carbocycles. The summed E-state index contributed by atoms with van der Waals surface area (Å²) in [6.07, 6.45) is 5.54. The van der Waals surface area contributed by atoms with Gasteiger partial charge >= 0.3 is 0 Å². The van der Waals surface area contributed by atoms with Gasteiger partial charge in [-0.05, 0) is 49.0 Å². The molecule has 1 aromatic rings. The lowest BCUT2D eigenvalue weighted by Crippen LogP contribution is -2.24. The van der Waals surface area contributed by atoms with Gasteiger partial charge in [0.25, 0.3) is 5.69 Å². The minimum absolute atomic E-state index is 0.00689. The van der Waals surface area contributed by atoms with Crippen LogP contribution in [-0.4, -0.2) is 36.4 Å². The zero-order valence-corrected chi connectivity index (χ0v) is 15.8. The third-order valence-corrected chi connectivity index (χ3v) is 6.35. The van der Waals surface area contributed by atoms with E-state index >= 15 is 0 Å². The van der Waals surface area contributed by atoms with Gasteiger partial charge in [-0.1, -0.05) is 6.08 Å². The number of rotatable bonds is 9. The molecular formula is C19H23NO6S. The molecule has 0 N–H and O–H groups in total. The molecule has 2 rings (SSSR count). The summed E-state index contributed by atoms with van der Waals surface area (Å²) in [4.78, 5) is 33.9. The Morgan fingerprint density at radius 1 is 1.11 bits per heavy atom. The van der Waals surface area contributed by atoms with Crippen LogP contribution in [-0.2, 0) is 19.4 Å². The normalized spacial score (nSPS) is 17.0. The monoisotopic (exact) mass is 393 g/mol. The second-order valence-electron chi connectivity index (χ2n) is 6.84. The number of nitro groups is 1. The number of non-ortho nitro benzene ring substituents is 1. The highest BCUT2D eigenvalue weighted by atomic mass is 32.2. The van der Waals surface area contributed by atoms with Crippen molar-refractivity contribution in [2.45, 2.75) is 38.5 Å². The predicted octanol–water partition coefficient (Wildman–Crippen LogP) is 3.13. The summed E-state index contributed by atoms with van der Waals surface area (Å²) in [7, 11) is -2.91. The zero-order chi connectivity index (χ0) is 19.9. The average molecular weight is 393 g/mol. The van der Waals surface area contributed by atoms with Gasteiger partial charge in [0.1, 0.15) is 15.6 Å². The molecule has 0 amide bonds. The Hall–Kier alpha value is -2.35. The molecule has 1 aliphatic heterocycles. The summed E-state index contributed by atoms with van der Waals surface area (Å²) < 4.78 is 22.8. The highest BCUT2D eigenvalue weighted by Crippen LogP contribution is 2.23. The first-order valence-electron chi connectivity index (χ1n) is 8.93. The van der Waals surface area contributed by atoms with Crippen molar-refractivity contribution in [2.75, 3.05) is 11.5 Å². The van der Waals surface area contributed by atoms with Gasteiger partial charge < -0.3 is 0 Å². The van der Waals surface area contributed by atoms with E-state index < -0.39 is 14.8 Å². The van der Waals surface area contributed by atoms with Crippen molar-refractivity contribution in [3.8, 4) is 0 Å². The van der Waals surface area contributed by atoms with Crippen molar-refractivity contribution in [3.63, 3.8) is 0 Å². The first-order chi connectivity index (χ1) is 12.7. The summed E-state index contributed by atoms with van der Waals surface area (Å²) in [6, 6.07) is 5.88. The van der Waals surface area contributed by atoms with Crippen molar-refractivity contribution < 1.29 is 22.9 Å². The standard InChI is InChI=1S/C19H23NO6S/c21-18(9-6-15-4-7-17(8-5-15)20(23)24)2-1-3-19(22)14-16-10-12-27(25,26)13-11-16/h4-9,16H,1-3,10-14H2/b9-6+. The summed E-state index contributed by atoms with van der Waals surface area (Å²) in [5.41, 5.74) is 0.685. The Kier molecular flexibility index (Phi) is 7.41. The van der Waals surface area contributed by atoms with E-state index in [1.165, 1.54) is 18.2 Å². The van der Waals surface area contributed by atoms with Gasteiger partial charge in [0.05, 0.1) is 16.4 Å². The molecule has 1 heterocycles. The number of sulfone groups is 1. The van der Waals surface area contributed by atoms with Crippen LogP contribution >= 0.6 is 0 Å². The molecule has 146 valence electrons. The maximum atomic E-state index is 12.0. The van der Waals surface area contributed by atoms with Crippen LogP contribution in [0, 0.1) is 16.0 Å². The SMILES string of the molecule is O=C(/C=C/c1ccc([N+](=O)[O-])cc1)CCCC(=O)CC1CCS(=O)(=O)CC1. The average Bonchev–Trinajstić information content (AvgIpc) is 2.62. The summed E-state index contributed by atoms with van der Waals surface area (Å²) >= 11 is 0. The van der Waals surface area contributed by atoms with Crippen LogP contribution in [0.1, 0.15) is 44.1 Å². The first kappa shape index (κ1) is 21.0. The molecule has 0 aliphatic carbocycles. The number of Topliss-reactive ketones (excluding diaryl/α,β-unsaturated/α-hetero) is 1. The van der Waals surface area contributed by atoms with Crippen molar-refractivity contribution in [1.82, 2.24) is 0 Å². The van der Waals surface area contributed by atoms with E-state index in [0.717, 1.165) is 0 Å². The molecule has 0 atom stereocenters. The Labute approximate surface area is 158 Å². The van der Waals surface area contributed by atoms with Gasteiger partial charge in [-0.3, -0.25) is 19.7 Å². The van der Waals surface area contributed by atoms with Gasteiger partial charge in [-0.2, -0.15) is 0 Å². The highest BCUT2D eigenvalue weighted by molar-refractivity contribution is 7.91. The van der Waals surface area contributed by atoms with E-state index in [4.69, 9.17) is 0 Å². The summed E-state index contributed by atoms with van der Waals surface area (Å²) in [5.74, 6) is 0.434. The quantitative estimate of drug-likeness (QED) is 0.362. The van der Waals surface area contributed by atoms with Crippen LogP contribution in [0.4, 0.5) is 5.69 Å². The van der Waals surface area contributed by atoms with E-state index in [2.05, 4.69) is 0 Å². The Bertz CT molecular complexity index is 812. The molecule has 1 aliphatic rings. The predicted molar refractivity (Wildman–Crippen MR) is 102 cm³/mol. The molecule has 7 nitrogen and oxygen atoms in total. The lowest BCUT2D eigenvalue weighted by Gasteiger charge is -2.21. The molecule has 0 radical (unpaired) electrons. The third-order valence-electron chi connectivity index (χ3n) is 4.63. The maximum Gasteiger partial charge on any atom is 0.269 e. The molecule has 0 unspecified atom stereocenters. The number of benzene rings is 1. The lowest BCUT2D eigenvalue weighted by molar-refractivity contribution is -0.384. The largest absolute Gasteiger partial charge is 0.300 e. The van der Waals surface area contributed by atoms with Gasteiger partial charge in [-0.25, -0.2) is 8.42 Å². The summed E-state index contributed by atoms with van der Waals surface area (Å²) in [6.45, 7) is 0. The zero-order valence-electron chi connectivity index (χ0n) is 15.0. The maximum absolute atomic E-state index is 12.0. The van der Waals surface area contributed by atoms with Crippen molar-refractivity contribution in [1.29, 1.82) is 0 Å². The first-order valence-corrected chi connectivity index (χ1v) is 10.7. The molecule has 0 aromatic heterocycles. The molecule has 27 heavy (non-hydrogen) atoms. The number of allylic oxidation sites excluding steroid dienone is 1. The molecule has 1 saturated heterocycles. The number of nitrogens with zero attached hydrogens (tertiary/aromatic N) is 1. The van der Waals surface area contributed by atoms with Crippen LogP contribution in [0.2, 0.25) is 0 Å². The Morgan fingerprint density at radius 2 is 1.74 bits per heavy atom. The number of carbonyl (C=O) groups is 2. The van der Waals surface area contributed by atoms with E-state index in [9.17, 15) is 28.1 Å². The molecule has 1 aromatic carbocycles. The van der Waals surface area contributed by atoms with Crippen LogP contribution in [0.3, 0.4) is 0 Å². The number of nitro benzene ring substituents is 1. The number of hydrogen-bond acceptors (Lipinski definition) is 6. The van der Waals surface area contributed by atoms with E-state index in [1.807, 2.05) is 0 Å². The van der Waals surface area contributed by atoms with E-state index in [0.29, 0.717) is 37.7 Å². The third kappa shape index (κ3) is 7.42. The van der Waals surface area contributed by atoms with Gasteiger partial charge in [0.15, 0.2) is 5.78 Å². The van der Waals surface area contributed by atoms with Crippen LogP contribution in [0.15, 0.2) is 30.3 Å². The smallest absolute Gasteiger partial charge is 0.269 e. The Morgan fingerprint density at radius 3 is 2.33 bits per heavy atom. The van der Waals surface area contributed by atoms with Crippen LogP contribution in [0.25, 0.3) is 6.08 Å². The molecule has 1 fully saturated rings. The second-order valence-corrected chi connectivity index (χ2v) is 9.14. The van der Waals surface area contributed by atoms with Gasteiger partial charge in [-0.15, -0.1) is 0 Å². The van der Waals surface area contributed by atoms with Gasteiger partial charge in [0.2, 0.25) is 0 Å². The summed E-state index contributed by atoms with van der Waals surface area (Å²) in [5, 5.41) is 10.6.